The highest BCUT2D eigenvalue weighted by atomic mass is 19.3. The van der Waals surface area contributed by atoms with Crippen molar-refractivity contribution in [2.45, 2.75) is 37.6 Å². The van der Waals surface area contributed by atoms with Crippen LogP contribution in [0.3, 0.4) is 0 Å². The van der Waals surface area contributed by atoms with E-state index >= 15 is 0 Å². The molecule has 2 unspecified atom stereocenters. The minimum Gasteiger partial charge on any atom is -0.347 e. The van der Waals surface area contributed by atoms with Crippen molar-refractivity contribution in [3.05, 3.63) is 35.9 Å². The van der Waals surface area contributed by atoms with Gasteiger partial charge in [-0.3, -0.25) is 4.79 Å². The lowest BCUT2D eigenvalue weighted by molar-refractivity contribution is -0.148. The number of hydrogen-bond acceptors (Lipinski definition) is 2. The lowest BCUT2D eigenvalue weighted by Crippen LogP contribution is -2.49. The average molecular weight is 282 g/mol. The van der Waals surface area contributed by atoms with Crippen LogP contribution >= 0.6 is 0 Å². The quantitative estimate of drug-likeness (QED) is 0.891. The van der Waals surface area contributed by atoms with Gasteiger partial charge in [0.2, 0.25) is 0 Å². The molecular weight excluding hydrogens is 262 g/mol. The predicted molar refractivity (Wildman–Crippen MR) is 73.3 cm³/mol. The number of benzene rings is 1. The smallest absolute Gasteiger partial charge is 0.347 e. The number of nitrogens with two attached hydrogens (primary N) is 1. The normalized spacial score (nSPS) is 23.4. The third kappa shape index (κ3) is 3.15. The van der Waals surface area contributed by atoms with E-state index in [4.69, 9.17) is 5.73 Å². The van der Waals surface area contributed by atoms with E-state index in [2.05, 4.69) is 5.32 Å². The maximum atomic E-state index is 14.1. The molecule has 0 heterocycles. The maximum absolute atomic E-state index is 14.1. The van der Waals surface area contributed by atoms with Crippen molar-refractivity contribution < 1.29 is 13.6 Å². The maximum Gasteiger partial charge on any atom is 0.349 e. The molecule has 0 aromatic heterocycles. The Balaban J connectivity index is 2.07. The molecule has 2 atom stereocenters. The number of rotatable bonds is 4. The van der Waals surface area contributed by atoms with Gasteiger partial charge in [-0.05, 0) is 25.3 Å². The molecule has 110 valence electrons. The largest absolute Gasteiger partial charge is 0.349 e. The number of hydrogen-bond donors (Lipinski definition) is 2. The summed E-state index contributed by atoms with van der Waals surface area (Å²) in [5.74, 6) is -4.63. The first kappa shape index (κ1) is 14.9. The van der Waals surface area contributed by atoms with Crippen molar-refractivity contribution in [2.75, 3.05) is 6.54 Å². The molecule has 0 saturated heterocycles. The van der Waals surface area contributed by atoms with Crippen LogP contribution in [0.2, 0.25) is 0 Å². The monoisotopic (exact) mass is 282 g/mol. The van der Waals surface area contributed by atoms with Crippen molar-refractivity contribution in [3.63, 3.8) is 0 Å². The SMILES string of the molecule is NCC1CCCCC1NC(=O)C(F)(F)c1ccccc1. The van der Waals surface area contributed by atoms with Gasteiger partial charge >= 0.3 is 5.92 Å². The van der Waals surface area contributed by atoms with Gasteiger partial charge in [-0.2, -0.15) is 8.78 Å². The molecule has 1 fully saturated rings. The molecule has 1 amide bonds. The second-order valence-electron chi connectivity index (χ2n) is 5.30. The van der Waals surface area contributed by atoms with E-state index in [9.17, 15) is 13.6 Å². The fraction of sp³-hybridized carbons (Fsp3) is 0.533. The summed E-state index contributed by atoms with van der Waals surface area (Å²) in [6.07, 6.45) is 3.60. The molecule has 3 N–H and O–H groups in total. The van der Waals surface area contributed by atoms with Crippen molar-refractivity contribution in [1.82, 2.24) is 5.32 Å². The van der Waals surface area contributed by atoms with Crippen molar-refractivity contribution in [1.29, 1.82) is 0 Å². The standard InChI is InChI=1S/C15H20F2N2O/c16-15(17,12-7-2-1-3-8-12)14(20)19-13-9-5-4-6-11(13)10-18/h1-3,7-8,11,13H,4-6,9-10,18H2,(H,19,20). The first-order valence-electron chi connectivity index (χ1n) is 7.00. The summed E-state index contributed by atoms with van der Waals surface area (Å²) in [6.45, 7) is 0.419. The van der Waals surface area contributed by atoms with Gasteiger partial charge in [-0.15, -0.1) is 0 Å². The Hall–Kier alpha value is -1.49. The second-order valence-corrected chi connectivity index (χ2v) is 5.30. The van der Waals surface area contributed by atoms with Crippen LogP contribution in [0.1, 0.15) is 31.2 Å². The van der Waals surface area contributed by atoms with Gasteiger partial charge in [0.1, 0.15) is 0 Å². The van der Waals surface area contributed by atoms with Gasteiger partial charge in [0, 0.05) is 11.6 Å². The number of carbonyl (C=O) groups is 1. The first-order valence-corrected chi connectivity index (χ1v) is 7.00. The third-order valence-corrected chi connectivity index (χ3v) is 3.95. The van der Waals surface area contributed by atoms with Gasteiger partial charge < -0.3 is 11.1 Å². The zero-order valence-electron chi connectivity index (χ0n) is 11.3. The predicted octanol–water partition coefficient (Wildman–Crippen LogP) is 2.41. The fourth-order valence-electron chi connectivity index (χ4n) is 2.72. The topological polar surface area (TPSA) is 55.1 Å². The summed E-state index contributed by atoms with van der Waals surface area (Å²) < 4.78 is 28.2. The van der Waals surface area contributed by atoms with Crippen molar-refractivity contribution >= 4 is 5.91 Å². The summed E-state index contributed by atoms with van der Waals surface area (Å²) in [7, 11) is 0. The Labute approximate surface area is 117 Å². The van der Waals surface area contributed by atoms with Crippen LogP contribution in [0, 0.1) is 5.92 Å². The molecule has 5 heteroatoms. The lowest BCUT2D eigenvalue weighted by atomic mass is 9.84. The van der Waals surface area contributed by atoms with E-state index in [1.54, 1.807) is 6.07 Å². The van der Waals surface area contributed by atoms with Gasteiger partial charge in [-0.25, -0.2) is 0 Å². The van der Waals surface area contributed by atoms with E-state index in [0.29, 0.717) is 6.54 Å². The van der Waals surface area contributed by atoms with Gasteiger partial charge in [0.05, 0.1) is 0 Å². The Kier molecular flexibility index (Phi) is 4.70. The fourth-order valence-corrected chi connectivity index (χ4v) is 2.72. The molecule has 0 spiro atoms. The van der Waals surface area contributed by atoms with Crippen LogP contribution in [0.5, 0.6) is 0 Å². The molecule has 1 aromatic carbocycles. The molecule has 1 aliphatic rings. The summed E-state index contributed by atoms with van der Waals surface area (Å²) in [5, 5.41) is 2.49. The van der Waals surface area contributed by atoms with Crippen LogP contribution in [-0.2, 0) is 10.7 Å². The van der Waals surface area contributed by atoms with Crippen molar-refractivity contribution in [2.24, 2.45) is 11.7 Å². The van der Waals surface area contributed by atoms with E-state index in [-0.39, 0.29) is 17.5 Å². The number of alkyl halides is 2. The Morgan fingerprint density at radius 1 is 1.25 bits per heavy atom. The second kappa shape index (κ2) is 6.31. The van der Waals surface area contributed by atoms with Gasteiger partial charge in [0.25, 0.3) is 5.91 Å². The van der Waals surface area contributed by atoms with Crippen LogP contribution in [0.25, 0.3) is 0 Å². The number of amides is 1. The highest BCUT2D eigenvalue weighted by Crippen LogP contribution is 2.30. The Morgan fingerprint density at radius 3 is 2.55 bits per heavy atom. The summed E-state index contributed by atoms with van der Waals surface area (Å²) >= 11 is 0. The van der Waals surface area contributed by atoms with E-state index in [0.717, 1.165) is 25.7 Å². The summed E-state index contributed by atoms with van der Waals surface area (Å²) in [4.78, 5) is 11.9. The minimum absolute atomic E-state index is 0.0965. The highest BCUT2D eigenvalue weighted by Gasteiger charge is 2.42. The zero-order chi connectivity index (χ0) is 14.6. The van der Waals surface area contributed by atoms with E-state index < -0.39 is 11.8 Å². The van der Waals surface area contributed by atoms with E-state index in [1.807, 2.05) is 0 Å². The van der Waals surface area contributed by atoms with Gasteiger partial charge in [-0.1, -0.05) is 43.2 Å². The Bertz CT molecular complexity index is 450. The number of halogens is 2. The molecule has 2 rings (SSSR count). The molecule has 0 aliphatic heterocycles. The molecule has 1 aliphatic carbocycles. The van der Waals surface area contributed by atoms with Gasteiger partial charge in [0.15, 0.2) is 0 Å². The molecule has 1 saturated carbocycles. The molecule has 0 radical (unpaired) electrons. The highest BCUT2D eigenvalue weighted by molar-refractivity contribution is 5.85. The van der Waals surface area contributed by atoms with Crippen molar-refractivity contribution in [3.8, 4) is 0 Å². The van der Waals surface area contributed by atoms with Crippen LogP contribution < -0.4 is 11.1 Å². The lowest BCUT2D eigenvalue weighted by Gasteiger charge is -2.32. The zero-order valence-corrected chi connectivity index (χ0v) is 11.3. The molecule has 3 nitrogen and oxygen atoms in total. The Morgan fingerprint density at radius 2 is 1.90 bits per heavy atom. The first-order chi connectivity index (χ1) is 9.55. The van der Waals surface area contributed by atoms with Crippen LogP contribution in [0.15, 0.2) is 30.3 Å². The van der Waals surface area contributed by atoms with Crippen LogP contribution in [-0.4, -0.2) is 18.5 Å². The third-order valence-electron chi connectivity index (χ3n) is 3.95. The average Bonchev–Trinajstić information content (AvgIpc) is 2.48. The van der Waals surface area contributed by atoms with E-state index in [1.165, 1.54) is 24.3 Å². The number of carbonyl (C=O) groups excluding carboxylic acids is 1. The molecule has 0 bridgehead atoms. The minimum atomic E-state index is -3.50. The molecule has 1 aromatic rings. The van der Waals surface area contributed by atoms with Crippen LogP contribution in [0.4, 0.5) is 8.78 Å². The molecule has 20 heavy (non-hydrogen) atoms. The number of nitrogens with one attached hydrogen (secondary N) is 1. The molecular formula is C15H20F2N2O. The summed E-state index contributed by atoms with van der Waals surface area (Å²) in [5.41, 5.74) is 5.37. The summed E-state index contributed by atoms with van der Waals surface area (Å²) in [6, 6.07) is 6.93.